The molecule has 11 heteroatoms. The van der Waals surface area contributed by atoms with E-state index in [9.17, 15) is 4.79 Å². The molecule has 10 N–H and O–H groups in total. The summed E-state index contributed by atoms with van der Waals surface area (Å²) in [5.41, 5.74) is 0. The van der Waals surface area contributed by atoms with Gasteiger partial charge in [0.2, 0.25) is 0 Å². The molecular weight excluding hydrogens is 292 g/mol. The largest absolute Gasteiger partial charge is 0.394 e. The van der Waals surface area contributed by atoms with Crippen LogP contribution in [0.4, 0.5) is 0 Å². The maximum atomic E-state index is 9.76. The SMILES string of the molecule is NN=C[C@@H](O)[C@@H](O)[C@H](O)CO.O=C[C@@H](O)[C@@H](O)[C@H](O)CO. The molecule has 0 aliphatic rings. The number of carbonyl (C=O) groups excluding carboxylic acids is 1. The molecule has 0 aliphatic heterocycles. The van der Waals surface area contributed by atoms with Crippen LogP contribution in [0.3, 0.4) is 0 Å². The molecule has 0 saturated carbocycles. The second-order valence-electron chi connectivity index (χ2n) is 3.90. The molecule has 0 saturated heterocycles. The van der Waals surface area contributed by atoms with Crippen LogP contribution >= 0.6 is 0 Å². The van der Waals surface area contributed by atoms with E-state index in [1.807, 2.05) is 0 Å². The number of nitrogens with two attached hydrogens (primary N) is 1. The predicted molar refractivity (Wildman–Crippen MR) is 69.0 cm³/mol. The Bertz CT molecular complexity index is 292. The Balaban J connectivity index is 0. The van der Waals surface area contributed by atoms with E-state index in [1.165, 1.54) is 0 Å². The normalized spacial score (nSPS) is 19.8. The van der Waals surface area contributed by atoms with Crippen LogP contribution in [0.5, 0.6) is 0 Å². The number of aliphatic hydroxyl groups excluding tert-OH is 8. The number of hydrogen-bond acceptors (Lipinski definition) is 11. The molecule has 0 rings (SSSR count). The summed E-state index contributed by atoms with van der Waals surface area (Å²) in [4.78, 5) is 9.76. The third kappa shape index (κ3) is 9.38. The summed E-state index contributed by atoms with van der Waals surface area (Å²) in [5.74, 6) is 4.66. The van der Waals surface area contributed by atoms with Gasteiger partial charge in [-0.25, -0.2) is 0 Å². The van der Waals surface area contributed by atoms with Crippen LogP contribution in [0, 0.1) is 0 Å². The molecule has 0 unspecified atom stereocenters. The lowest BCUT2D eigenvalue weighted by molar-refractivity contribution is -0.127. The summed E-state index contributed by atoms with van der Waals surface area (Å²) < 4.78 is 0. The van der Waals surface area contributed by atoms with Gasteiger partial charge in [0.1, 0.15) is 36.6 Å². The van der Waals surface area contributed by atoms with Gasteiger partial charge in [-0.2, -0.15) is 5.10 Å². The lowest BCUT2D eigenvalue weighted by atomic mass is 10.1. The van der Waals surface area contributed by atoms with Crippen LogP contribution in [0.1, 0.15) is 0 Å². The zero-order chi connectivity index (χ0) is 17.0. The van der Waals surface area contributed by atoms with E-state index in [1.54, 1.807) is 0 Å². The van der Waals surface area contributed by atoms with Crippen molar-refractivity contribution in [3.05, 3.63) is 0 Å². The van der Waals surface area contributed by atoms with Gasteiger partial charge in [-0.15, -0.1) is 0 Å². The average Bonchev–Trinajstić information content (AvgIpc) is 2.51. The molecule has 0 bridgehead atoms. The highest BCUT2D eigenvalue weighted by molar-refractivity contribution is 5.63. The van der Waals surface area contributed by atoms with E-state index in [2.05, 4.69) is 10.9 Å². The van der Waals surface area contributed by atoms with Gasteiger partial charge in [-0.1, -0.05) is 0 Å². The Labute approximate surface area is 120 Å². The van der Waals surface area contributed by atoms with Gasteiger partial charge in [-0.05, 0) is 0 Å². The summed E-state index contributed by atoms with van der Waals surface area (Å²) in [6, 6.07) is 0. The van der Waals surface area contributed by atoms with Crippen LogP contribution in [-0.2, 0) is 4.79 Å². The van der Waals surface area contributed by atoms with E-state index in [-0.39, 0.29) is 6.29 Å². The molecule has 6 atom stereocenters. The van der Waals surface area contributed by atoms with E-state index < -0.39 is 49.8 Å². The third-order valence-corrected chi connectivity index (χ3v) is 2.24. The van der Waals surface area contributed by atoms with E-state index in [0.29, 0.717) is 0 Å². The van der Waals surface area contributed by atoms with E-state index >= 15 is 0 Å². The average molecular weight is 314 g/mol. The highest BCUT2D eigenvalue weighted by Gasteiger charge is 2.23. The summed E-state index contributed by atoms with van der Waals surface area (Å²) in [5, 5.41) is 71.9. The summed E-state index contributed by atoms with van der Waals surface area (Å²) in [6.07, 6.45) is -7.98. The van der Waals surface area contributed by atoms with Gasteiger partial charge in [0, 0.05) is 0 Å². The van der Waals surface area contributed by atoms with Crippen LogP contribution < -0.4 is 5.84 Å². The van der Waals surface area contributed by atoms with E-state index in [0.717, 1.165) is 6.21 Å². The fourth-order valence-electron chi connectivity index (χ4n) is 0.928. The van der Waals surface area contributed by atoms with Crippen molar-refractivity contribution in [1.29, 1.82) is 0 Å². The number of hydrazone groups is 1. The zero-order valence-corrected chi connectivity index (χ0v) is 11.0. The maximum absolute atomic E-state index is 9.76. The fraction of sp³-hybridized carbons (Fsp3) is 0.800. The highest BCUT2D eigenvalue weighted by Crippen LogP contribution is 1.97. The molecule has 11 nitrogen and oxygen atoms in total. The van der Waals surface area contributed by atoms with Crippen molar-refractivity contribution in [3.8, 4) is 0 Å². The van der Waals surface area contributed by atoms with Gasteiger partial charge >= 0.3 is 0 Å². The van der Waals surface area contributed by atoms with Gasteiger partial charge in [-0.3, -0.25) is 0 Å². The van der Waals surface area contributed by atoms with Crippen molar-refractivity contribution < 1.29 is 45.6 Å². The molecule has 0 radical (unpaired) electrons. The minimum absolute atomic E-state index is 0.0869. The molecule has 0 aromatic carbocycles. The Morgan fingerprint density at radius 1 is 0.857 bits per heavy atom. The Morgan fingerprint density at radius 3 is 1.52 bits per heavy atom. The Hall–Kier alpha value is -1.18. The van der Waals surface area contributed by atoms with Gasteiger partial charge in [0.05, 0.1) is 19.4 Å². The van der Waals surface area contributed by atoms with Crippen LogP contribution in [0.15, 0.2) is 5.10 Å². The van der Waals surface area contributed by atoms with Gasteiger partial charge in [0.15, 0.2) is 6.29 Å². The molecule has 0 fully saturated rings. The summed E-state index contributed by atoms with van der Waals surface area (Å²) in [7, 11) is 0. The zero-order valence-electron chi connectivity index (χ0n) is 11.0. The minimum Gasteiger partial charge on any atom is -0.394 e. The molecule has 0 aromatic heterocycles. The first kappa shape index (κ1) is 22.1. The molecule has 0 heterocycles. The molecule has 0 amide bonds. The second-order valence-corrected chi connectivity index (χ2v) is 3.90. The Morgan fingerprint density at radius 2 is 1.24 bits per heavy atom. The number of nitrogens with zero attached hydrogens (tertiary/aromatic N) is 1. The molecular formula is C10H22N2O9. The van der Waals surface area contributed by atoms with Crippen LogP contribution in [-0.4, -0.2) is 103 Å². The Kier molecular flexibility index (Phi) is 13.2. The van der Waals surface area contributed by atoms with Crippen molar-refractivity contribution >= 4 is 12.5 Å². The van der Waals surface area contributed by atoms with Crippen molar-refractivity contribution in [2.45, 2.75) is 36.6 Å². The van der Waals surface area contributed by atoms with E-state index in [4.69, 9.17) is 40.9 Å². The smallest absolute Gasteiger partial charge is 0.151 e. The molecule has 0 aromatic rings. The summed E-state index contributed by atoms with van der Waals surface area (Å²) >= 11 is 0. The molecule has 0 aliphatic carbocycles. The number of rotatable bonds is 8. The fourth-order valence-corrected chi connectivity index (χ4v) is 0.928. The van der Waals surface area contributed by atoms with Crippen molar-refractivity contribution in [1.82, 2.24) is 0 Å². The quantitative estimate of drug-likeness (QED) is 0.0894. The van der Waals surface area contributed by atoms with Gasteiger partial charge in [0.25, 0.3) is 0 Å². The first-order valence-electron chi connectivity index (χ1n) is 5.75. The lowest BCUT2D eigenvalue weighted by Crippen LogP contribution is -2.40. The third-order valence-electron chi connectivity index (χ3n) is 2.24. The first-order chi connectivity index (χ1) is 9.76. The van der Waals surface area contributed by atoms with Crippen LogP contribution in [0.2, 0.25) is 0 Å². The lowest BCUT2D eigenvalue weighted by Gasteiger charge is -2.17. The predicted octanol–water partition coefficient (Wildman–Crippen LogP) is -5.73. The van der Waals surface area contributed by atoms with Gasteiger partial charge < -0.3 is 51.5 Å². The molecule has 126 valence electrons. The first-order valence-corrected chi connectivity index (χ1v) is 5.75. The highest BCUT2D eigenvalue weighted by atomic mass is 16.4. The number of aliphatic hydroxyl groups is 8. The van der Waals surface area contributed by atoms with Crippen LogP contribution in [0.25, 0.3) is 0 Å². The monoisotopic (exact) mass is 314 g/mol. The van der Waals surface area contributed by atoms with Crippen molar-refractivity contribution in [2.75, 3.05) is 13.2 Å². The number of aldehydes is 1. The topological polar surface area (TPSA) is 217 Å². The summed E-state index contributed by atoms with van der Waals surface area (Å²) in [6.45, 7) is -1.32. The van der Waals surface area contributed by atoms with Crippen molar-refractivity contribution in [2.24, 2.45) is 10.9 Å². The minimum atomic E-state index is -1.64. The molecule has 21 heavy (non-hydrogen) atoms. The second kappa shape index (κ2) is 12.6. The number of carbonyl (C=O) groups is 1. The molecule has 0 spiro atoms. The standard InChI is InChI=1S/C5H12N2O4.C5H10O5/c6-7-1-3(9)5(11)4(10)2-8;6-1-3(8)5(10)4(9)2-7/h1,3-5,8-11H,2,6H2;1,3-5,7-10H,2H2/t2*3-,4-,5-/m11/s1. The number of hydrogen-bond donors (Lipinski definition) is 9. The van der Waals surface area contributed by atoms with Crippen molar-refractivity contribution in [3.63, 3.8) is 0 Å². The maximum Gasteiger partial charge on any atom is 0.151 e.